The van der Waals surface area contributed by atoms with Gasteiger partial charge in [0.1, 0.15) is 12.4 Å². The Morgan fingerprint density at radius 2 is 2.00 bits per heavy atom. The van der Waals surface area contributed by atoms with E-state index in [1.807, 2.05) is 49.1 Å². The number of hydrogen-bond acceptors (Lipinski definition) is 5. The molecule has 5 rings (SSSR count). The van der Waals surface area contributed by atoms with Crippen LogP contribution in [0.5, 0.6) is 0 Å². The molecule has 0 aliphatic carbocycles. The molecule has 6 nitrogen and oxygen atoms in total. The first-order chi connectivity index (χ1) is 13.1. The third-order valence-electron chi connectivity index (χ3n) is 5.79. The van der Waals surface area contributed by atoms with Crippen molar-refractivity contribution in [1.29, 1.82) is 0 Å². The Morgan fingerprint density at radius 1 is 1.19 bits per heavy atom. The van der Waals surface area contributed by atoms with Crippen molar-refractivity contribution in [2.45, 2.75) is 45.9 Å². The molecular weight excluding hydrogens is 342 g/mol. The molecule has 2 aromatic rings. The lowest BCUT2D eigenvalue weighted by Gasteiger charge is -2.35. The van der Waals surface area contributed by atoms with Crippen LogP contribution >= 0.6 is 0 Å². The smallest absolute Gasteiger partial charge is 0.410 e. The minimum Gasteiger partial charge on any atom is -0.445 e. The fourth-order valence-electron chi connectivity index (χ4n) is 4.29. The van der Waals surface area contributed by atoms with Crippen molar-refractivity contribution in [1.82, 2.24) is 15.0 Å². The van der Waals surface area contributed by atoms with E-state index in [0.29, 0.717) is 12.5 Å². The van der Waals surface area contributed by atoms with E-state index >= 15 is 0 Å². The fourth-order valence-corrected chi connectivity index (χ4v) is 4.29. The van der Waals surface area contributed by atoms with Gasteiger partial charge < -0.3 is 14.2 Å². The molecule has 0 unspecified atom stereocenters. The predicted molar refractivity (Wildman–Crippen MR) is 101 cm³/mol. The van der Waals surface area contributed by atoms with Gasteiger partial charge in [0, 0.05) is 37.8 Å². The van der Waals surface area contributed by atoms with Gasteiger partial charge in [-0.3, -0.25) is 4.90 Å². The molecule has 3 aliphatic heterocycles. The zero-order valence-electron chi connectivity index (χ0n) is 16.1. The van der Waals surface area contributed by atoms with E-state index in [2.05, 4.69) is 10.1 Å². The van der Waals surface area contributed by atoms with Crippen molar-refractivity contribution in [2.24, 2.45) is 5.92 Å². The molecule has 2 bridgehead atoms. The average molecular weight is 369 g/mol. The molecule has 144 valence electrons. The highest BCUT2D eigenvalue weighted by Crippen LogP contribution is 2.30. The standard InChI is InChI=1S/C21H27N3O3/c1-15-20(16(2)27-22-15)13-23-10-18-8-9-19(12-23)24(11-18)21(25)26-14-17-6-4-3-5-7-17/h3-7,18-19H,8-14H2,1-2H3/t18-,19+/m0/s1. The van der Waals surface area contributed by atoms with Gasteiger partial charge in [-0.2, -0.15) is 0 Å². The third-order valence-corrected chi connectivity index (χ3v) is 5.79. The largest absolute Gasteiger partial charge is 0.445 e. The first-order valence-corrected chi connectivity index (χ1v) is 9.71. The number of carbonyl (C=O) groups excluding carboxylic acids is 1. The van der Waals surface area contributed by atoms with Gasteiger partial charge in [-0.1, -0.05) is 35.5 Å². The number of ether oxygens (including phenoxy) is 1. The Bertz CT molecular complexity index is 770. The molecular formula is C21H27N3O3. The van der Waals surface area contributed by atoms with E-state index in [9.17, 15) is 4.79 Å². The minimum atomic E-state index is -0.187. The molecule has 3 aliphatic rings. The number of rotatable bonds is 4. The zero-order chi connectivity index (χ0) is 18.8. The Kier molecular flexibility index (Phi) is 5.16. The van der Waals surface area contributed by atoms with Gasteiger partial charge in [0.05, 0.1) is 5.69 Å². The van der Waals surface area contributed by atoms with Gasteiger partial charge in [0.15, 0.2) is 0 Å². The van der Waals surface area contributed by atoms with E-state index in [1.165, 1.54) is 12.0 Å². The quantitative estimate of drug-likeness (QED) is 0.825. The van der Waals surface area contributed by atoms with Crippen LogP contribution < -0.4 is 0 Å². The van der Waals surface area contributed by atoms with Crippen LogP contribution in [0.2, 0.25) is 0 Å². The number of nitrogens with zero attached hydrogens (tertiary/aromatic N) is 3. The van der Waals surface area contributed by atoms with Crippen molar-refractivity contribution in [2.75, 3.05) is 19.6 Å². The molecule has 0 spiro atoms. The predicted octanol–water partition coefficient (Wildman–Crippen LogP) is 3.52. The van der Waals surface area contributed by atoms with Crippen molar-refractivity contribution in [3.05, 3.63) is 52.9 Å². The summed E-state index contributed by atoms with van der Waals surface area (Å²) in [4.78, 5) is 17.1. The number of carbonyl (C=O) groups is 1. The van der Waals surface area contributed by atoms with Gasteiger partial charge in [-0.25, -0.2) is 4.79 Å². The Labute approximate surface area is 160 Å². The molecule has 3 fully saturated rings. The summed E-state index contributed by atoms with van der Waals surface area (Å²) in [5, 5.41) is 4.07. The molecule has 1 amide bonds. The maximum atomic E-state index is 12.7. The van der Waals surface area contributed by atoms with Crippen molar-refractivity contribution in [3.8, 4) is 0 Å². The lowest BCUT2D eigenvalue weighted by molar-refractivity contribution is 0.0631. The summed E-state index contributed by atoms with van der Waals surface area (Å²) < 4.78 is 10.9. The monoisotopic (exact) mass is 369 g/mol. The molecule has 0 saturated carbocycles. The Morgan fingerprint density at radius 3 is 2.74 bits per heavy atom. The summed E-state index contributed by atoms with van der Waals surface area (Å²) in [7, 11) is 0. The second-order valence-corrected chi connectivity index (χ2v) is 7.79. The second kappa shape index (κ2) is 7.72. The van der Waals surface area contributed by atoms with E-state index in [4.69, 9.17) is 9.26 Å². The summed E-state index contributed by atoms with van der Waals surface area (Å²) in [6.45, 7) is 7.79. The van der Waals surface area contributed by atoms with E-state index < -0.39 is 0 Å². The molecule has 0 N–H and O–H groups in total. The van der Waals surface area contributed by atoms with Gasteiger partial charge >= 0.3 is 6.09 Å². The highest BCUT2D eigenvalue weighted by atomic mass is 16.6. The van der Waals surface area contributed by atoms with E-state index in [0.717, 1.165) is 49.6 Å². The number of amides is 1. The second-order valence-electron chi connectivity index (χ2n) is 7.79. The van der Waals surface area contributed by atoms with E-state index in [-0.39, 0.29) is 12.1 Å². The normalized spacial score (nSPS) is 22.7. The summed E-state index contributed by atoms with van der Waals surface area (Å²) in [6.07, 6.45) is 2.03. The molecule has 0 radical (unpaired) electrons. The van der Waals surface area contributed by atoms with Crippen LogP contribution in [0.1, 0.15) is 35.4 Å². The molecule has 1 aromatic heterocycles. The van der Waals surface area contributed by atoms with Crippen LogP contribution in [0, 0.1) is 19.8 Å². The van der Waals surface area contributed by atoms with Gasteiger partial charge in [-0.05, 0) is 38.2 Å². The minimum absolute atomic E-state index is 0.187. The lowest BCUT2D eigenvalue weighted by Crippen LogP contribution is -2.47. The number of benzene rings is 1. The van der Waals surface area contributed by atoms with Crippen molar-refractivity contribution >= 4 is 6.09 Å². The third kappa shape index (κ3) is 4.00. The van der Waals surface area contributed by atoms with Crippen molar-refractivity contribution < 1.29 is 14.1 Å². The molecule has 6 heteroatoms. The molecule has 27 heavy (non-hydrogen) atoms. The Hall–Kier alpha value is -2.34. The highest BCUT2D eigenvalue weighted by Gasteiger charge is 2.38. The molecule has 2 atom stereocenters. The maximum Gasteiger partial charge on any atom is 0.410 e. The zero-order valence-corrected chi connectivity index (χ0v) is 16.1. The van der Waals surface area contributed by atoms with Gasteiger partial charge in [0.25, 0.3) is 0 Å². The van der Waals surface area contributed by atoms with E-state index in [1.54, 1.807) is 0 Å². The maximum absolute atomic E-state index is 12.7. The lowest BCUT2D eigenvalue weighted by atomic mass is 9.95. The van der Waals surface area contributed by atoms with Crippen LogP contribution in [0.25, 0.3) is 0 Å². The Balaban J connectivity index is 1.39. The topological polar surface area (TPSA) is 58.8 Å². The molecule has 4 heterocycles. The molecule has 1 aromatic carbocycles. The first-order valence-electron chi connectivity index (χ1n) is 9.71. The van der Waals surface area contributed by atoms with Crippen molar-refractivity contribution in [3.63, 3.8) is 0 Å². The van der Waals surface area contributed by atoms with Crippen LogP contribution in [0.15, 0.2) is 34.9 Å². The summed E-state index contributed by atoms with van der Waals surface area (Å²) >= 11 is 0. The SMILES string of the molecule is Cc1noc(C)c1CN1C[C@@H]2CC[C@H](C1)N(C(=O)OCc1ccccc1)C2. The van der Waals surface area contributed by atoms with Gasteiger partial charge in [0.2, 0.25) is 0 Å². The van der Waals surface area contributed by atoms with Crippen LogP contribution in [0.4, 0.5) is 4.79 Å². The molecule has 3 saturated heterocycles. The summed E-state index contributed by atoms with van der Waals surface area (Å²) in [5.74, 6) is 1.39. The number of aromatic nitrogens is 1. The van der Waals surface area contributed by atoms with Gasteiger partial charge in [-0.15, -0.1) is 0 Å². The number of fused-ring (bicyclic) bond motifs is 4. The average Bonchev–Trinajstić information content (AvgIpc) is 2.86. The number of piperidine rings is 1. The van der Waals surface area contributed by atoms with Crippen LogP contribution in [0.3, 0.4) is 0 Å². The number of hydrogen-bond donors (Lipinski definition) is 0. The highest BCUT2D eigenvalue weighted by molar-refractivity contribution is 5.68. The fraction of sp³-hybridized carbons (Fsp3) is 0.524. The first kappa shape index (κ1) is 18.0. The summed E-state index contributed by atoms with van der Waals surface area (Å²) in [6, 6.07) is 10.1. The van der Waals surface area contributed by atoms with Crippen LogP contribution in [-0.4, -0.2) is 46.7 Å². The number of aryl methyl sites for hydroxylation is 2. The van der Waals surface area contributed by atoms with Crippen LogP contribution in [-0.2, 0) is 17.9 Å². The summed E-state index contributed by atoms with van der Waals surface area (Å²) in [5.41, 5.74) is 3.16.